The molecule has 2 heterocycles. The van der Waals surface area contributed by atoms with Gasteiger partial charge in [-0.2, -0.15) is 0 Å². The molecule has 1 aliphatic heterocycles. The molecule has 2 aromatic carbocycles. The first-order valence-electron chi connectivity index (χ1n) is 9.67. The number of hydrogen-bond acceptors (Lipinski definition) is 6. The maximum Gasteiger partial charge on any atom is 0.336 e. The highest BCUT2D eigenvalue weighted by Crippen LogP contribution is 2.25. The lowest BCUT2D eigenvalue weighted by molar-refractivity contribution is -0.384. The van der Waals surface area contributed by atoms with Gasteiger partial charge >= 0.3 is 5.63 Å². The Kier molecular flexibility index (Phi) is 5.07. The molecule has 0 spiro atoms. The van der Waals surface area contributed by atoms with E-state index < -0.39 is 0 Å². The number of non-ortho nitro benzene ring substituents is 1. The summed E-state index contributed by atoms with van der Waals surface area (Å²) in [6, 6.07) is 12.4. The standard InChI is InChI=1S/C22H23N3O4/c1-15-3-8-20-17(13-21(26)29-22(20)16(15)2)14-23-9-11-24(12-10-23)18-4-6-19(7-5-18)25(27)28/h3-8,13H,9-12,14H2,1-2H3. The number of nitrogens with zero attached hydrogens (tertiary/aromatic N) is 3. The molecular formula is C22H23N3O4. The summed E-state index contributed by atoms with van der Waals surface area (Å²) in [5.74, 6) is 0. The number of hydrogen-bond donors (Lipinski definition) is 0. The molecule has 150 valence electrons. The SMILES string of the molecule is Cc1ccc2c(CN3CCN(c4ccc([N+](=O)[O-])cc4)CC3)cc(=O)oc2c1C. The van der Waals surface area contributed by atoms with E-state index in [1.807, 2.05) is 19.9 Å². The summed E-state index contributed by atoms with van der Waals surface area (Å²) in [5, 5.41) is 11.8. The molecule has 0 amide bonds. The van der Waals surface area contributed by atoms with Crippen LogP contribution >= 0.6 is 0 Å². The number of aryl methyl sites for hydroxylation is 2. The van der Waals surface area contributed by atoms with Gasteiger partial charge in [-0.3, -0.25) is 15.0 Å². The van der Waals surface area contributed by atoms with E-state index in [-0.39, 0.29) is 16.2 Å². The molecule has 0 atom stereocenters. The van der Waals surface area contributed by atoms with Crippen molar-refractivity contribution in [2.75, 3.05) is 31.1 Å². The van der Waals surface area contributed by atoms with Crippen LogP contribution in [0.3, 0.4) is 0 Å². The second-order valence-corrected chi connectivity index (χ2v) is 7.51. The summed E-state index contributed by atoms with van der Waals surface area (Å²) in [6.45, 7) is 8.04. The van der Waals surface area contributed by atoms with E-state index in [0.717, 1.165) is 53.9 Å². The Morgan fingerprint density at radius 2 is 1.72 bits per heavy atom. The van der Waals surface area contributed by atoms with Crippen LogP contribution in [0.25, 0.3) is 11.0 Å². The molecule has 1 saturated heterocycles. The van der Waals surface area contributed by atoms with Gasteiger partial charge in [-0.15, -0.1) is 0 Å². The first-order chi connectivity index (χ1) is 13.9. The van der Waals surface area contributed by atoms with Gasteiger partial charge in [0, 0.05) is 62.0 Å². The fraction of sp³-hybridized carbons (Fsp3) is 0.318. The first kappa shape index (κ1) is 19.1. The Labute approximate surface area is 168 Å². The Morgan fingerprint density at radius 1 is 1.03 bits per heavy atom. The quantitative estimate of drug-likeness (QED) is 0.382. The van der Waals surface area contributed by atoms with Gasteiger partial charge < -0.3 is 9.32 Å². The molecule has 0 N–H and O–H groups in total. The zero-order chi connectivity index (χ0) is 20.5. The second-order valence-electron chi connectivity index (χ2n) is 7.51. The van der Waals surface area contributed by atoms with Crippen molar-refractivity contribution in [1.29, 1.82) is 0 Å². The number of fused-ring (bicyclic) bond motifs is 1. The molecule has 0 aliphatic carbocycles. The van der Waals surface area contributed by atoms with E-state index >= 15 is 0 Å². The molecule has 29 heavy (non-hydrogen) atoms. The molecule has 0 saturated carbocycles. The summed E-state index contributed by atoms with van der Waals surface area (Å²) in [7, 11) is 0. The Hall–Kier alpha value is -3.19. The average Bonchev–Trinajstić information content (AvgIpc) is 2.72. The molecule has 0 radical (unpaired) electrons. The van der Waals surface area contributed by atoms with Crippen molar-refractivity contribution in [3.8, 4) is 0 Å². The third kappa shape index (κ3) is 3.86. The fourth-order valence-corrected chi connectivity index (χ4v) is 3.85. The number of benzene rings is 2. The van der Waals surface area contributed by atoms with Gasteiger partial charge in [0.2, 0.25) is 0 Å². The monoisotopic (exact) mass is 393 g/mol. The smallest absolute Gasteiger partial charge is 0.336 e. The number of rotatable bonds is 4. The zero-order valence-electron chi connectivity index (χ0n) is 16.6. The highest BCUT2D eigenvalue weighted by Gasteiger charge is 2.19. The lowest BCUT2D eigenvalue weighted by atomic mass is 10.0. The van der Waals surface area contributed by atoms with Gasteiger partial charge in [0.15, 0.2) is 0 Å². The predicted octanol–water partition coefficient (Wildman–Crippen LogP) is 3.64. The van der Waals surface area contributed by atoms with Crippen molar-refractivity contribution in [2.45, 2.75) is 20.4 Å². The highest BCUT2D eigenvalue weighted by atomic mass is 16.6. The number of anilines is 1. The van der Waals surface area contributed by atoms with Crippen LogP contribution in [0.15, 0.2) is 51.7 Å². The van der Waals surface area contributed by atoms with E-state index in [1.54, 1.807) is 30.3 Å². The van der Waals surface area contributed by atoms with Crippen LogP contribution in [0, 0.1) is 24.0 Å². The lowest BCUT2D eigenvalue weighted by Crippen LogP contribution is -2.46. The normalized spacial score (nSPS) is 15.0. The molecule has 1 aliphatic rings. The van der Waals surface area contributed by atoms with Crippen molar-refractivity contribution in [1.82, 2.24) is 4.90 Å². The van der Waals surface area contributed by atoms with Crippen molar-refractivity contribution < 1.29 is 9.34 Å². The molecule has 7 nitrogen and oxygen atoms in total. The predicted molar refractivity (Wildman–Crippen MR) is 113 cm³/mol. The molecule has 3 aromatic rings. The van der Waals surface area contributed by atoms with Crippen molar-refractivity contribution in [3.05, 3.63) is 79.7 Å². The Morgan fingerprint density at radius 3 is 2.38 bits per heavy atom. The minimum absolute atomic E-state index is 0.104. The Balaban J connectivity index is 1.48. The third-order valence-corrected chi connectivity index (χ3v) is 5.71. The third-order valence-electron chi connectivity index (χ3n) is 5.71. The van der Waals surface area contributed by atoms with Crippen LogP contribution < -0.4 is 10.5 Å². The topological polar surface area (TPSA) is 79.8 Å². The van der Waals surface area contributed by atoms with Crippen molar-refractivity contribution in [3.63, 3.8) is 0 Å². The lowest BCUT2D eigenvalue weighted by Gasteiger charge is -2.36. The van der Waals surface area contributed by atoms with Gasteiger partial charge in [0.25, 0.3) is 5.69 Å². The summed E-state index contributed by atoms with van der Waals surface area (Å²) in [6.07, 6.45) is 0. The minimum atomic E-state index is -0.383. The van der Waals surface area contributed by atoms with Crippen LogP contribution in [-0.2, 0) is 6.54 Å². The molecule has 0 unspecified atom stereocenters. The van der Waals surface area contributed by atoms with Crippen LogP contribution in [0.1, 0.15) is 16.7 Å². The van der Waals surface area contributed by atoms with Gasteiger partial charge in [-0.1, -0.05) is 12.1 Å². The molecule has 0 bridgehead atoms. The van der Waals surface area contributed by atoms with E-state index in [9.17, 15) is 14.9 Å². The molecule has 1 fully saturated rings. The summed E-state index contributed by atoms with van der Waals surface area (Å²) >= 11 is 0. The van der Waals surface area contributed by atoms with Crippen LogP contribution in [-0.4, -0.2) is 36.0 Å². The van der Waals surface area contributed by atoms with Crippen molar-refractivity contribution >= 4 is 22.3 Å². The van der Waals surface area contributed by atoms with Gasteiger partial charge in [-0.25, -0.2) is 4.79 Å². The van der Waals surface area contributed by atoms with E-state index in [0.29, 0.717) is 12.1 Å². The molecule has 7 heteroatoms. The maximum atomic E-state index is 12.1. The fourth-order valence-electron chi connectivity index (χ4n) is 3.85. The second kappa shape index (κ2) is 7.67. The maximum absolute atomic E-state index is 12.1. The van der Waals surface area contributed by atoms with E-state index in [4.69, 9.17) is 4.42 Å². The van der Waals surface area contributed by atoms with Crippen LogP contribution in [0.5, 0.6) is 0 Å². The number of nitro benzene ring substituents is 1. The molecule has 4 rings (SSSR count). The summed E-state index contributed by atoms with van der Waals surface area (Å²) in [4.78, 5) is 27.1. The van der Waals surface area contributed by atoms with Crippen LogP contribution in [0.2, 0.25) is 0 Å². The largest absolute Gasteiger partial charge is 0.422 e. The van der Waals surface area contributed by atoms with E-state index in [2.05, 4.69) is 15.9 Å². The average molecular weight is 393 g/mol. The summed E-state index contributed by atoms with van der Waals surface area (Å²) in [5.41, 5.74) is 4.56. The van der Waals surface area contributed by atoms with Crippen LogP contribution in [0.4, 0.5) is 11.4 Å². The van der Waals surface area contributed by atoms with Crippen molar-refractivity contribution in [2.24, 2.45) is 0 Å². The highest BCUT2D eigenvalue weighted by molar-refractivity contribution is 5.83. The number of nitro groups is 1. The molecule has 1 aromatic heterocycles. The van der Waals surface area contributed by atoms with Gasteiger partial charge in [-0.05, 0) is 42.7 Å². The summed E-state index contributed by atoms with van der Waals surface area (Å²) < 4.78 is 5.47. The minimum Gasteiger partial charge on any atom is -0.422 e. The van der Waals surface area contributed by atoms with Gasteiger partial charge in [0.1, 0.15) is 5.58 Å². The Bertz CT molecular complexity index is 1110. The zero-order valence-corrected chi connectivity index (χ0v) is 16.6. The number of piperazine rings is 1. The van der Waals surface area contributed by atoms with Gasteiger partial charge in [0.05, 0.1) is 4.92 Å². The molecular weight excluding hydrogens is 370 g/mol. The first-order valence-corrected chi connectivity index (χ1v) is 9.67. The van der Waals surface area contributed by atoms with E-state index in [1.165, 1.54) is 0 Å².